The molecule has 3 N–H and O–H groups in total. The Balaban J connectivity index is 1.63. The second kappa shape index (κ2) is 6.91. The lowest BCUT2D eigenvalue weighted by molar-refractivity contribution is -0.127. The van der Waals surface area contributed by atoms with Crippen molar-refractivity contribution in [3.63, 3.8) is 0 Å². The fraction of sp³-hybridized carbons (Fsp3) is 0.450. The summed E-state index contributed by atoms with van der Waals surface area (Å²) in [5.41, 5.74) is 0.765. The summed E-state index contributed by atoms with van der Waals surface area (Å²) < 4.78 is 0. The van der Waals surface area contributed by atoms with E-state index >= 15 is 0 Å². The molecule has 1 amide bonds. The van der Waals surface area contributed by atoms with Crippen molar-refractivity contribution in [2.24, 2.45) is 5.41 Å². The van der Waals surface area contributed by atoms with Gasteiger partial charge in [0.1, 0.15) is 0 Å². The highest BCUT2D eigenvalue weighted by Gasteiger charge is 2.37. The van der Waals surface area contributed by atoms with Crippen LogP contribution in [0.4, 0.5) is 0 Å². The van der Waals surface area contributed by atoms with Gasteiger partial charge in [-0.05, 0) is 47.2 Å². The quantitative estimate of drug-likeness (QED) is 0.810. The molecule has 0 spiro atoms. The zero-order chi connectivity index (χ0) is 17.2. The smallest absolute Gasteiger partial charge is 0.237 e. The number of fused-ring (bicyclic) bond motifs is 1. The molecule has 0 aromatic heterocycles. The molecule has 2 aromatic carbocycles. The average Bonchev–Trinajstić information content (AvgIpc) is 2.58. The number of nitrogens with one attached hydrogen (secondary N) is 2. The van der Waals surface area contributed by atoms with Crippen molar-refractivity contribution in [2.45, 2.75) is 38.8 Å². The number of amides is 1. The van der Waals surface area contributed by atoms with Crippen LogP contribution < -0.4 is 10.6 Å². The number of aliphatic hydroxyl groups is 1. The Morgan fingerprint density at radius 3 is 2.79 bits per heavy atom. The van der Waals surface area contributed by atoms with E-state index in [1.54, 1.807) is 0 Å². The lowest BCUT2D eigenvalue weighted by Gasteiger charge is -2.38. The zero-order valence-corrected chi connectivity index (χ0v) is 14.4. The summed E-state index contributed by atoms with van der Waals surface area (Å²) in [6, 6.07) is 13.8. The summed E-state index contributed by atoms with van der Waals surface area (Å²) in [6.45, 7) is 5.33. The number of aliphatic hydroxyl groups excluding tert-OH is 1. The predicted octanol–water partition coefficient (Wildman–Crippen LogP) is 2.77. The Morgan fingerprint density at radius 2 is 2.04 bits per heavy atom. The Hall–Kier alpha value is -1.91. The van der Waals surface area contributed by atoms with E-state index in [2.05, 4.69) is 24.5 Å². The van der Waals surface area contributed by atoms with Gasteiger partial charge in [-0.15, -0.1) is 0 Å². The molecule has 0 saturated carbocycles. The van der Waals surface area contributed by atoms with Crippen LogP contribution in [0, 0.1) is 5.41 Å². The summed E-state index contributed by atoms with van der Waals surface area (Å²) in [5, 5.41) is 18.9. The topological polar surface area (TPSA) is 61.4 Å². The molecule has 1 saturated heterocycles. The summed E-state index contributed by atoms with van der Waals surface area (Å²) in [6.07, 6.45) is 1.42. The molecule has 24 heavy (non-hydrogen) atoms. The molecule has 128 valence electrons. The fourth-order valence-corrected chi connectivity index (χ4v) is 3.49. The SMILES string of the molecule is CC1(C)CCCNC1C(=O)NCC(O)c1ccc2ccccc2c1. The molecular weight excluding hydrogens is 300 g/mol. The van der Waals surface area contributed by atoms with Crippen molar-refractivity contribution >= 4 is 16.7 Å². The first-order valence-corrected chi connectivity index (χ1v) is 8.65. The number of benzene rings is 2. The van der Waals surface area contributed by atoms with Gasteiger partial charge in [0.05, 0.1) is 12.1 Å². The zero-order valence-electron chi connectivity index (χ0n) is 14.4. The van der Waals surface area contributed by atoms with Crippen molar-refractivity contribution in [1.82, 2.24) is 10.6 Å². The molecule has 2 atom stereocenters. The number of piperidine rings is 1. The first-order valence-electron chi connectivity index (χ1n) is 8.65. The third-order valence-corrected chi connectivity index (χ3v) is 5.02. The van der Waals surface area contributed by atoms with E-state index in [-0.39, 0.29) is 23.9 Å². The molecule has 2 aromatic rings. The predicted molar refractivity (Wildman–Crippen MR) is 96.7 cm³/mol. The maximum Gasteiger partial charge on any atom is 0.237 e. The minimum Gasteiger partial charge on any atom is -0.387 e. The van der Waals surface area contributed by atoms with Gasteiger partial charge in [0.2, 0.25) is 5.91 Å². The molecule has 4 heteroatoms. The van der Waals surface area contributed by atoms with Gasteiger partial charge in [-0.3, -0.25) is 4.79 Å². The van der Waals surface area contributed by atoms with Crippen LogP contribution in [0.25, 0.3) is 10.8 Å². The van der Waals surface area contributed by atoms with Crippen LogP contribution in [0.3, 0.4) is 0 Å². The third-order valence-electron chi connectivity index (χ3n) is 5.02. The summed E-state index contributed by atoms with van der Waals surface area (Å²) in [7, 11) is 0. The second-order valence-electron chi connectivity index (χ2n) is 7.35. The second-order valence-corrected chi connectivity index (χ2v) is 7.35. The van der Waals surface area contributed by atoms with Crippen LogP contribution >= 0.6 is 0 Å². The molecule has 0 radical (unpaired) electrons. The van der Waals surface area contributed by atoms with Crippen molar-refractivity contribution in [3.05, 3.63) is 48.0 Å². The molecule has 4 nitrogen and oxygen atoms in total. The molecule has 1 heterocycles. The number of hydrogen-bond donors (Lipinski definition) is 3. The monoisotopic (exact) mass is 326 g/mol. The van der Waals surface area contributed by atoms with E-state index in [1.165, 1.54) is 0 Å². The van der Waals surface area contributed by atoms with Crippen molar-refractivity contribution < 1.29 is 9.90 Å². The van der Waals surface area contributed by atoms with E-state index in [9.17, 15) is 9.90 Å². The van der Waals surface area contributed by atoms with Crippen LogP contribution in [-0.2, 0) is 4.79 Å². The first kappa shape index (κ1) is 16.9. The van der Waals surface area contributed by atoms with Gasteiger partial charge in [-0.25, -0.2) is 0 Å². The van der Waals surface area contributed by atoms with Crippen LogP contribution in [0.1, 0.15) is 38.4 Å². The lowest BCUT2D eigenvalue weighted by atomic mass is 9.77. The highest BCUT2D eigenvalue weighted by atomic mass is 16.3. The van der Waals surface area contributed by atoms with E-state index in [1.807, 2.05) is 42.5 Å². The molecule has 0 aliphatic carbocycles. The molecule has 3 rings (SSSR count). The largest absolute Gasteiger partial charge is 0.387 e. The molecule has 1 aliphatic heterocycles. The van der Waals surface area contributed by atoms with E-state index in [0.29, 0.717) is 0 Å². The fourth-order valence-electron chi connectivity index (χ4n) is 3.49. The number of carbonyl (C=O) groups is 1. The molecular formula is C20H26N2O2. The van der Waals surface area contributed by atoms with Crippen LogP contribution in [0.5, 0.6) is 0 Å². The summed E-state index contributed by atoms with van der Waals surface area (Å²) in [5.74, 6) is -0.0282. The van der Waals surface area contributed by atoms with Crippen LogP contribution in [0.2, 0.25) is 0 Å². The maximum atomic E-state index is 12.5. The van der Waals surface area contributed by atoms with Gasteiger partial charge < -0.3 is 15.7 Å². The van der Waals surface area contributed by atoms with E-state index in [0.717, 1.165) is 35.7 Å². The Kier molecular flexibility index (Phi) is 4.88. The molecule has 0 bridgehead atoms. The van der Waals surface area contributed by atoms with Gasteiger partial charge in [0.15, 0.2) is 0 Å². The first-order chi connectivity index (χ1) is 11.5. The van der Waals surface area contributed by atoms with Gasteiger partial charge in [0.25, 0.3) is 0 Å². The average molecular weight is 326 g/mol. The number of rotatable bonds is 4. The lowest BCUT2D eigenvalue weighted by Crippen LogP contribution is -2.56. The van der Waals surface area contributed by atoms with Crippen LogP contribution in [-0.4, -0.2) is 30.1 Å². The molecule has 1 aliphatic rings. The minimum atomic E-state index is -0.703. The highest BCUT2D eigenvalue weighted by Crippen LogP contribution is 2.30. The Bertz CT molecular complexity index is 726. The number of carbonyl (C=O) groups excluding carboxylic acids is 1. The van der Waals surface area contributed by atoms with Gasteiger partial charge in [0, 0.05) is 6.54 Å². The Labute approximate surface area is 143 Å². The van der Waals surface area contributed by atoms with Crippen molar-refractivity contribution in [1.29, 1.82) is 0 Å². The third kappa shape index (κ3) is 3.60. The summed E-state index contributed by atoms with van der Waals surface area (Å²) >= 11 is 0. The normalized spacial score (nSPS) is 21.4. The summed E-state index contributed by atoms with van der Waals surface area (Å²) in [4.78, 5) is 12.5. The number of hydrogen-bond acceptors (Lipinski definition) is 3. The maximum absolute atomic E-state index is 12.5. The molecule has 1 fully saturated rings. The highest BCUT2D eigenvalue weighted by molar-refractivity contribution is 5.84. The van der Waals surface area contributed by atoms with Gasteiger partial charge in [-0.2, -0.15) is 0 Å². The van der Waals surface area contributed by atoms with Crippen molar-refractivity contribution in [2.75, 3.05) is 13.1 Å². The van der Waals surface area contributed by atoms with Gasteiger partial charge >= 0.3 is 0 Å². The Morgan fingerprint density at radius 1 is 1.29 bits per heavy atom. The van der Waals surface area contributed by atoms with E-state index < -0.39 is 6.10 Å². The van der Waals surface area contributed by atoms with Crippen LogP contribution in [0.15, 0.2) is 42.5 Å². The van der Waals surface area contributed by atoms with E-state index in [4.69, 9.17) is 0 Å². The minimum absolute atomic E-state index is 0.0282. The molecule has 2 unspecified atom stereocenters. The standard InChI is InChI=1S/C20H26N2O2/c1-20(2)10-5-11-21-18(20)19(24)22-13-17(23)16-9-8-14-6-3-4-7-15(14)12-16/h3-4,6-9,12,17-18,21,23H,5,10-11,13H2,1-2H3,(H,22,24). The van der Waals surface area contributed by atoms with Gasteiger partial charge in [-0.1, -0.05) is 50.2 Å². The van der Waals surface area contributed by atoms with Crippen molar-refractivity contribution in [3.8, 4) is 0 Å².